The molecule has 0 spiro atoms. The maximum atomic E-state index is 12.5. The van der Waals surface area contributed by atoms with E-state index in [1.807, 2.05) is 52.0 Å². The Bertz CT molecular complexity index is 1030. The molecule has 3 rings (SSSR count). The molecular formula is C28H36N2O4. The van der Waals surface area contributed by atoms with Gasteiger partial charge in [0, 0.05) is 24.2 Å². The third-order valence-electron chi connectivity index (χ3n) is 5.86. The number of amides is 1. The van der Waals surface area contributed by atoms with Crippen molar-refractivity contribution in [1.82, 2.24) is 10.2 Å². The first kappa shape index (κ1) is 25.3. The number of carbonyl (C=O) groups is 2. The summed E-state index contributed by atoms with van der Waals surface area (Å²) >= 11 is 0. The molecule has 1 aromatic rings. The van der Waals surface area contributed by atoms with Crippen LogP contribution in [0.15, 0.2) is 72.0 Å². The molecule has 1 N–H and O–H groups in total. The second-order valence-corrected chi connectivity index (χ2v) is 9.89. The average molecular weight is 465 g/mol. The second kappa shape index (κ2) is 10.8. The standard InChI is InChI=1S/C28H36N2O4/c1-19-10-9-11-21(16-19)18-30(20(2)17-26(31)33-6)25-15-14-24(22-12-7-8-13-23(22)25)29-27(32)34-28(3,4)5/h7-16,20,22,24H,17-18H2,1-6H3,(H,29,32). The number of fused-ring (bicyclic) bond motifs is 1. The van der Waals surface area contributed by atoms with E-state index in [4.69, 9.17) is 9.47 Å². The van der Waals surface area contributed by atoms with Crippen LogP contribution < -0.4 is 5.32 Å². The predicted octanol–water partition coefficient (Wildman–Crippen LogP) is 5.21. The number of aryl methyl sites for hydroxylation is 1. The van der Waals surface area contributed by atoms with E-state index >= 15 is 0 Å². The van der Waals surface area contributed by atoms with Gasteiger partial charge in [0.2, 0.25) is 0 Å². The molecule has 0 radical (unpaired) electrons. The second-order valence-electron chi connectivity index (χ2n) is 9.89. The van der Waals surface area contributed by atoms with E-state index in [9.17, 15) is 9.59 Å². The SMILES string of the molecule is COC(=O)CC(C)N(Cc1cccc(C)c1)C1=C2C=CC=CC2C(NC(=O)OC(C)(C)C)C=C1. The highest BCUT2D eigenvalue weighted by Crippen LogP contribution is 2.34. The van der Waals surface area contributed by atoms with Gasteiger partial charge < -0.3 is 19.7 Å². The lowest BCUT2D eigenvalue weighted by Crippen LogP contribution is -2.44. The summed E-state index contributed by atoms with van der Waals surface area (Å²) in [5, 5.41) is 3.00. The van der Waals surface area contributed by atoms with Crippen molar-refractivity contribution < 1.29 is 19.1 Å². The van der Waals surface area contributed by atoms with Crippen molar-refractivity contribution in [1.29, 1.82) is 0 Å². The number of hydrogen-bond donors (Lipinski definition) is 1. The van der Waals surface area contributed by atoms with E-state index in [2.05, 4.69) is 53.6 Å². The van der Waals surface area contributed by atoms with Gasteiger partial charge in [-0.25, -0.2) is 4.79 Å². The molecule has 182 valence electrons. The first-order valence-corrected chi connectivity index (χ1v) is 11.7. The Morgan fingerprint density at radius 2 is 1.91 bits per heavy atom. The third kappa shape index (κ3) is 6.62. The first-order valence-electron chi connectivity index (χ1n) is 11.7. The highest BCUT2D eigenvalue weighted by atomic mass is 16.6. The fourth-order valence-electron chi connectivity index (χ4n) is 4.30. The van der Waals surface area contributed by atoms with E-state index in [1.54, 1.807) is 0 Å². The number of hydrogen-bond acceptors (Lipinski definition) is 5. The number of allylic oxidation sites excluding steroid dienone is 4. The van der Waals surface area contributed by atoms with Gasteiger partial charge in [0.1, 0.15) is 5.60 Å². The minimum Gasteiger partial charge on any atom is -0.469 e. The molecule has 0 heterocycles. The summed E-state index contributed by atoms with van der Waals surface area (Å²) in [4.78, 5) is 26.8. The van der Waals surface area contributed by atoms with Gasteiger partial charge in [0.05, 0.1) is 19.6 Å². The zero-order valence-electron chi connectivity index (χ0n) is 21.0. The van der Waals surface area contributed by atoms with Gasteiger partial charge in [-0.05, 0) is 51.8 Å². The number of ether oxygens (including phenoxy) is 2. The zero-order chi connectivity index (χ0) is 24.9. The molecule has 0 aliphatic heterocycles. The van der Waals surface area contributed by atoms with Gasteiger partial charge in [0.25, 0.3) is 0 Å². The van der Waals surface area contributed by atoms with Crippen molar-refractivity contribution in [3.8, 4) is 0 Å². The van der Waals surface area contributed by atoms with E-state index < -0.39 is 11.7 Å². The minimum atomic E-state index is -0.567. The number of methoxy groups -OCH3 is 1. The lowest BCUT2D eigenvalue weighted by molar-refractivity contribution is -0.141. The van der Waals surface area contributed by atoms with Gasteiger partial charge >= 0.3 is 12.1 Å². The van der Waals surface area contributed by atoms with Crippen LogP contribution in [-0.2, 0) is 20.8 Å². The molecule has 1 amide bonds. The number of nitrogens with one attached hydrogen (secondary N) is 1. The Balaban J connectivity index is 1.93. The van der Waals surface area contributed by atoms with Crippen LogP contribution in [0.25, 0.3) is 0 Å². The summed E-state index contributed by atoms with van der Waals surface area (Å²) < 4.78 is 10.4. The summed E-state index contributed by atoms with van der Waals surface area (Å²) in [7, 11) is 1.42. The maximum absolute atomic E-state index is 12.5. The van der Waals surface area contributed by atoms with Crippen molar-refractivity contribution >= 4 is 12.1 Å². The van der Waals surface area contributed by atoms with Crippen molar-refractivity contribution in [2.75, 3.05) is 7.11 Å². The van der Waals surface area contributed by atoms with Crippen molar-refractivity contribution in [2.45, 2.75) is 65.3 Å². The minimum absolute atomic E-state index is 0.0390. The molecule has 0 saturated carbocycles. The quantitative estimate of drug-likeness (QED) is 0.561. The molecule has 3 atom stereocenters. The molecule has 1 aromatic carbocycles. The van der Waals surface area contributed by atoms with E-state index in [0.717, 1.165) is 11.3 Å². The Kier molecular flexibility index (Phi) is 8.02. The summed E-state index contributed by atoms with van der Waals surface area (Å²) in [6.45, 7) is 10.3. The largest absolute Gasteiger partial charge is 0.469 e. The van der Waals surface area contributed by atoms with Crippen molar-refractivity contribution in [3.63, 3.8) is 0 Å². The van der Waals surface area contributed by atoms with Crippen LogP contribution in [0.1, 0.15) is 45.2 Å². The fourth-order valence-corrected chi connectivity index (χ4v) is 4.30. The van der Waals surface area contributed by atoms with Gasteiger partial charge in [0.15, 0.2) is 0 Å². The average Bonchev–Trinajstić information content (AvgIpc) is 2.76. The zero-order valence-corrected chi connectivity index (χ0v) is 21.0. The number of carbonyl (C=O) groups excluding carboxylic acids is 2. The highest BCUT2D eigenvalue weighted by molar-refractivity contribution is 5.70. The van der Waals surface area contributed by atoms with Gasteiger partial charge in [-0.1, -0.05) is 60.2 Å². The molecule has 2 aliphatic rings. The molecule has 0 fully saturated rings. The van der Waals surface area contributed by atoms with Crippen LogP contribution in [0.5, 0.6) is 0 Å². The Labute approximate surface area is 203 Å². The smallest absolute Gasteiger partial charge is 0.408 e. The van der Waals surface area contributed by atoms with Crippen LogP contribution >= 0.6 is 0 Å². The summed E-state index contributed by atoms with van der Waals surface area (Å²) in [6, 6.07) is 8.07. The third-order valence-corrected chi connectivity index (χ3v) is 5.86. The molecule has 0 aromatic heterocycles. The molecule has 34 heavy (non-hydrogen) atoms. The Hall–Kier alpha value is -3.28. The molecule has 2 aliphatic carbocycles. The highest BCUT2D eigenvalue weighted by Gasteiger charge is 2.32. The molecule has 0 bridgehead atoms. The van der Waals surface area contributed by atoms with E-state index in [1.165, 1.54) is 18.2 Å². The molecule has 3 unspecified atom stereocenters. The molecule has 6 heteroatoms. The Morgan fingerprint density at radius 1 is 1.15 bits per heavy atom. The summed E-state index contributed by atoms with van der Waals surface area (Å²) in [5.74, 6) is -0.282. The normalized spacial score (nSPS) is 19.9. The number of rotatable bonds is 7. The van der Waals surface area contributed by atoms with Crippen LogP contribution in [-0.4, -0.2) is 41.8 Å². The lowest BCUT2D eigenvalue weighted by Gasteiger charge is -2.38. The maximum Gasteiger partial charge on any atom is 0.408 e. The first-order chi connectivity index (χ1) is 16.1. The topological polar surface area (TPSA) is 67.9 Å². The van der Waals surface area contributed by atoms with E-state index in [0.29, 0.717) is 6.54 Å². The number of alkyl carbamates (subject to hydrolysis) is 1. The van der Waals surface area contributed by atoms with E-state index in [-0.39, 0.29) is 30.4 Å². The summed E-state index contributed by atoms with van der Waals surface area (Å²) in [5.41, 5.74) is 3.91. The van der Waals surface area contributed by atoms with Crippen LogP contribution in [0.3, 0.4) is 0 Å². The Morgan fingerprint density at radius 3 is 2.59 bits per heavy atom. The van der Waals surface area contributed by atoms with Gasteiger partial charge in [-0.3, -0.25) is 4.79 Å². The lowest BCUT2D eigenvalue weighted by atomic mass is 9.82. The number of nitrogens with zero attached hydrogens (tertiary/aromatic N) is 1. The van der Waals surface area contributed by atoms with Crippen LogP contribution in [0.4, 0.5) is 4.79 Å². The molecular weight excluding hydrogens is 428 g/mol. The summed E-state index contributed by atoms with van der Waals surface area (Å²) in [6.07, 6.45) is 12.1. The monoisotopic (exact) mass is 464 g/mol. The molecule has 0 saturated heterocycles. The van der Waals surface area contributed by atoms with Gasteiger partial charge in [-0.15, -0.1) is 0 Å². The number of benzene rings is 1. The number of esters is 1. The van der Waals surface area contributed by atoms with Crippen LogP contribution in [0.2, 0.25) is 0 Å². The van der Waals surface area contributed by atoms with Crippen LogP contribution in [0, 0.1) is 12.8 Å². The molecule has 6 nitrogen and oxygen atoms in total. The van der Waals surface area contributed by atoms with Gasteiger partial charge in [-0.2, -0.15) is 0 Å². The predicted molar refractivity (Wildman–Crippen MR) is 134 cm³/mol. The van der Waals surface area contributed by atoms with Crippen molar-refractivity contribution in [3.05, 3.63) is 83.1 Å². The van der Waals surface area contributed by atoms with Crippen molar-refractivity contribution in [2.24, 2.45) is 5.92 Å². The fraction of sp³-hybridized carbons (Fsp3) is 0.429.